The average Bonchev–Trinajstić information content (AvgIpc) is 3.24. The molecule has 2 aliphatic rings. The molecule has 23 heavy (non-hydrogen) atoms. The van der Waals surface area contributed by atoms with Crippen LogP contribution in [0, 0.1) is 17.7 Å². The van der Waals surface area contributed by atoms with Crippen LogP contribution in [0.15, 0.2) is 24.3 Å². The monoisotopic (exact) mass is 320 g/mol. The number of rotatable bonds is 4. The Morgan fingerprint density at radius 2 is 2.00 bits per heavy atom. The fourth-order valence-corrected chi connectivity index (χ4v) is 3.09. The molecule has 1 aliphatic carbocycles. The highest BCUT2D eigenvalue weighted by molar-refractivity contribution is 6.02. The molecule has 2 amide bonds. The van der Waals surface area contributed by atoms with Gasteiger partial charge in [0.15, 0.2) is 0 Å². The normalized spacial score (nSPS) is 26.3. The maximum atomic E-state index is 13.8. The van der Waals surface area contributed by atoms with E-state index < -0.39 is 29.7 Å². The van der Waals surface area contributed by atoms with Crippen molar-refractivity contribution in [3.8, 4) is 0 Å². The van der Waals surface area contributed by atoms with Crippen LogP contribution in [-0.2, 0) is 14.4 Å². The third-order valence-corrected chi connectivity index (χ3v) is 4.56. The number of amides is 2. The van der Waals surface area contributed by atoms with Gasteiger partial charge in [0.1, 0.15) is 11.9 Å². The van der Waals surface area contributed by atoms with Gasteiger partial charge in [-0.15, -0.1) is 0 Å². The van der Waals surface area contributed by atoms with Gasteiger partial charge in [0.25, 0.3) is 0 Å². The third-order valence-electron chi connectivity index (χ3n) is 4.56. The minimum absolute atomic E-state index is 0.204. The lowest BCUT2D eigenvalue weighted by Crippen LogP contribution is -2.44. The maximum absolute atomic E-state index is 13.8. The summed E-state index contributed by atoms with van der Waals surface area (Å²) in [5, 5.41) is 8.91. The summed E-state index contributed by atoms with van der Waals surface area (Å²) < 4.78 is 13.8. The smallest absolute Gasteiger partial charge is 0.307 e. The van der Waals surface area contributed by atoms with E-state index in [2.05, 4.69) is 0 Å². The molecular formula is C16H17FN2O4. The van der Waals surface area contributed by atoms with Gasteiger partial charge < -0.3 is 14.9 Å². The Balaban J connectivity index is 1.71. The van der Waals surface area contributed by atoms with Crippen molar-refractivity contribution in [1.82, 2.24) is 4.90 Å². The number of likely N-dealkylation sites (N-methyl/N-ethyl adjacent to an activating group) is 1. The Kier molecular flexibility index (Phi) is 3.79. The van der Waals surface area contributed by atoms with Crippen LogP contribution in [0.4, 0.5) is 10.1 Å². The molecular weight excluding hydrogens is 303 g/mol. The Morgan fingerprint density at radius 3 is 2.61 bits per heavy atom. The summed E-state index contributed by atoms with van der Waals surface area (Å²) in [7, 11) is 1.51. The molecule has 1 aromatic rings. The minimum atomic E-state index is -0.984. The van der Waals surface area contributed by atoms with E-state index in [1.807, 2.05) is 0 Å². The number of nitrogens with zero attached hydrogens (tertiary/aromatic N) is 2. The summed E-state index contributed by atoms with van der Waals surface area (Å²) in [4.78, 5) is 38.3. The summed E-state index contributed by atoms with van der Waals surface area (Å²) in [5.41, 5.74) is 0.204. The number of benzene rings is 1. The molecule has 3 atom stereocenters. The van der Waals surface area contributed by atoms with E-state index in [1.54, 1.807) is 12.1 Å². The number of aliphatic carboxylic acids is 1. The standard InChI is InChI=1S/C16H17FN2O4/c1-18(14(20)9-8-10(9)16(22)23)13-6-7-19(15(13)21)12-5-3-2-4-11(12)17/h2-5,9-10,13H,6-8H2,1H3,(H,22,23). The highest BCUT2D eigenvalue weighted by Crippen LogP contribution is 2.40. The SMILES string of the molecule is CN(C(=O)C1CC1C(=O)O)C1CCN(c2ccccc2F)C1=O. The molecule has 0 aromatic heterocycles. The van der Waals surface area contributed by atoms with E-state index in [9.17, 15) is 18.8 Å². The number of hydrogen-bond donors (Lipinski definition) is 1. The molecule has 7 heteroatoms. The number of hydrogen-bond acceptors (Lipinski definition) is 3. The van der Waals surface area contributed by atoms with E-state index in [4.69, 9.17) is 5.11 Å². The third kappa shape index (κ3) is 2.67. The van der Waals surface area contributed by atoms with Gasteiger partial charge in [-0.05, 0) is 25.0 Å². The van der Waals surface area contributed by atoms with Crippen molar-refractivity contribution in [2.45, 2.75) is 18.9 Å². The van der Waals surface area contributed by atoms with Crippen molar-refractivity contribution in [2.24, 2.45) is 11.8 Å². The molecule has 6 nitrogen and oxygen atoms in total. The molecule has 0 spiro atoms. The van der Waals surface area contributed by atoms with Crippen molar-refractivity contribution < 1.29 is 23.9 Å². The quantitative estimate of drug-likeness (QED) is 0.901. The number of carboxylic acid groups (broad SMARTS) is 1. The van der Waals surface area contributed by atoms with Crippen molar-refractivity contribution in [3.63, 3.8) is 0 Å². The van der Waals surface area contributed by atoms with Gasteiger partial charge in [0.05, 0.1) is 17.5 Å². The summed E-state index contributed by atoms with van der Waals surface area (Å²) in [6, 6.07) is 5.34. The second kappa shape index (κ2) is 5.64. The highest BCUT2D eigenvalue weighted by Gasteiger charge is 2.51. The molecule has 1 saturated carbocycles. The first-order valence-electron chi connectivity index (χ1n) is 7.47. The lowest BCUT2D eigenvalue weighted by Gasteiger charge is -2.24. The molecule has 0 bridgehead atoms. The van der Waals surface area contributed by atoms with Gasteiger partial charge in [-0.25, -0.2) is 4.39 Å². The molecule has 1 saturated heterocycles. The molecule has 1 aliphatic heterocycles. The van der Waals surface area contributed by atoms with Crippen LogP contribution >= 0.6 is 0 Å². The number of anilines is 1. The molecule has 1 heterocycles. The number of carboxylic acids is 1. The second-order valence-electron chi connectivity index (χ2n) is 5.98. The minimum Gasteiger partial charge on any atom is -0.481 e. The van der Waals surface area contributed by atoms with Gasteiger partial charge >= 0.3 is 5.97 Å². The molecule has 1 N–H and O–H groups in total. The number of para-hydroxylation sites is 1. The first-order chi connectivity index (χ1) is 10.9. The van der Waals surface area contributed by atoms with Crippen molar-refractivity contribution >= 4 is 23.5 Å². The first-order valence-corrected chi connectivity index (χ1v) is 7.47. The Labute approximate surface area is 132 Å². The van der Waals surface area contributed by atoms with Crippen molar-refractivity contribution in [3.05, 3.63) is 30.1 Å². The summed E-state index contributed by atoms with van der Waals surface area (Å²) in [6.45, 7) is 0.328. The van der Waals surface area contributed by atoms with Crippen LogP contribution < -0.4 is 4.90 Å². The van der Waals surface area contributed by atoms with Crippen LogP contribution in [0.3, 0.4) is 0 Å². The fourth-order valence-electron chi connectivity index (χ4n) is 3.09. The Bertz CT molecular complexity index is 678. The summed E-state index contributed by atoms with van der Waals surface area (Å²) in [6.07, 6.45) is 0.719. The van der Waals surface area contributed by atoms with Gasteiger partial charge in [-0.2, -0.15) is 0 Å². The van der Waals surface area contributed by atoms with E-state index in [-0.39, 0.29) is 17.5 Å². The predicted molar refractivity (Wildman–Crippen MR) is 79.2 cm³/mol. The van der Waals surface area contributed by atoms with E-state index >= 15 is 0 Å². The van der Waals surface area contributed by atoms with Crippen LogP contribution in [0.1, 0.15) is 12.8 Å². The number of carbonyl (C=O) groups is 3. The Hall–Kier alpha value is -2.44. The topological polar surface area (TPSA) is 77.9 Å². The number of carbonyl (C=O) groups excluding carboxylic acids is 2. The van der Waals surface area contributed by atoms with Gasteiger partial charge in [-0.3, -0.25) is 14.4 Å². The van der Waals surface area contributed by atoms with Crippen molar-refractivity contribution in [2.75, 3.05) is 18.5 Å². The van der Waals surface area contributed by atoms with Crippen LogP contribution in [0.2, 0.25) is 0 Å². The maximum Gasteiger partial charge on any atom is 0.307 e. The van der Waals surface area contributed by atoms with Crippen LogP contribution in [0.25, 0.3) is 0 Å². The molecule has 3 rings (SSSR count). The van der Waals surface area contributed by atoms with E-state index in [0.29, 0.717) is 19.4 Å². The predicted octanol–water partition coefficient (Wildman–Crippen LogP) is 1.11. The van der Waals surface area contributed by atoms with E-state index in [1.165, 1.54) is 29.0 Å². The highest BCUT2D eigenvalue weighted by atomic mass is 19.1. The Morgan fingerprint density at radius 1 is 1.30 bits per heavy atom. The lowest BCUT2D eigenvalue weighted by atomic mass is 10.2. The average molecular weight is 320 g/mol. The second-order valence-corrected chi connectivity index (χ2v) is 5.98. The molecule has 3 unspecified atom stereocenters. The molecule has 2 fully saturated rings. The lowest BCUT2D eigenvalue weighted by molar-refractivity contribution is -0.143. The van der Waals surface area contributed by atoms with Gasteiger partial charge in [-0.1, -0.05) is 12.1 Å². The van der Waals surface area contributed by atoms with Crippen molar-refractivity contribution in [1.29, 1.82) is 0 Å². The van der Waals surface area contributed by atoms with Crippen LogP contribution in [-0.4, -0.2) is 47.4 Å². The largest absolute Gasteiger partial charge is 0.481 e. The molecule has 1 aromatic carbocycles. The van der Waals surface area contributed by atoms with Gasteiger partial charge in [0, 0.05) is 13.6 Å². The van der Waals surface area contributed by atoms with Gasteiger partial charge in [0.2, 0.25) is 11.8 Å². The molecule has 122 valence electrons. The zero-order valence-electron chi connectivity index (χ0n) is 12.6. The van der Waals surface area contributed by atoms with E-state index in [0.717, 1.165) is 0 Å². The summed E-state index contributed by atoms with van der Waals surface area (Å²) >= 11 is 0. The summed E-state index contributed by atoms with van der Waals surface area (Å²) in [5.74, 6) is -3.33. The number of halogens is 1. The zero-order chi connectivity index (χ0) is 16.7. The fraction of sp³-hybridized carbons (Fsp3) is 0.438. The van der Waals surface area contributed by atoms with Crippen LogP contribution in [0.5, 0.6) is 0 Å². The molecule has 0 radical (unpaired) electrons. The first kappa shape index (κ1) is 15.5. The zero-order valence-corrected chi connectivity index (χ0v) is 12.6.